The van der Waals surface area contributed by atoms with Crippen LogP contribution in [-0.4, -0.2) is 0 Å². The molecule has 0 radical (unpaired) electrons. The SMILES string of the molecule is CC(C)c1ccc2sc3c(-c4ccc5c(c4)-c4ccccc4C5)cc(C(C)C)cc3c2c1. The average molecular weight is 433 g/mol. The molecule has 158 valence electrons. The van der Waals surface area contributed by atoms with Gasteiger partial charge in [0.2, 0.25) is 0 Å². The van der Waals surface area contributed by atoms with Crippen molar-refractivity contribution in [1.82, 2.24) is 0 Å². The molecule has 0 nitrogen and oxygen atoms in total. The Hall–Kier alpha value is -2.90. The minimum atomic E-state index is 0.497. The summed E-state index contributed by atoms with van der Waals surface area (Å²) in [5.41, 5.74) is 11.3. The van der Waals surface area contributed by atoms with Crippen LogP contribution in [0.4, 0.5) is 0 Å². The van der Waals surface area contributed by atoms with Gasteiger partial charge in [-0.1, -0.05) is 70.2 Å². The molecule has 1 aliphatic carbocycles. The van der Waals surface area contributed by atoms with Gasteiger partial charge >= 0.3 is 0 Å². The Morgan fingerprint density at radius 1 is 0.625 bits per heavy atom. The molecule has 1 heterocycles. The van der Waals surface area contributed by atoms with E-state index in [0.29, 0.717) is 11.8 Å². The predicted octanol–water partition coefficient (Wildman–Crippen LogP) is 9.54. The van der Waals surface area contributed by atoms with Crippen molar-refractivity contribution in [2.45, 2.75) is 46.0 Å². The van der Waals surface area contributed by atoms with Gasteiger partial charge in [0.15, 0.2) is 0 Å². The van der Waals surface area contributed by atoms with E-state index in [9.17, 15) is 0 Å². The van der Waals surface area contributed by atoms with E-state index in [1.165, 1.54) is 64.7 Å². The van der Waals surface area contributed by atoms with E-state index in [2.05, 4.69) is 100 Å². The molecule has 0 amide bonds. The fraction of sp³-hybridized carbons (Fsp3) is 0.226. The summed E-state index contributed by atoms with van der Waals surface area (Å²) in [6.45, 7) is 9.17. The van der Waals surface area contributed by atoms with Crippen molar-refractivity contribution in [3.8, 4) is 22.3 Å². The minimum Gasteiger partial charge on any atom is -0.135 e. The number of rotatable bonds is 3. The van der Waals surface area contributed by atoms with Crippen LogP contribution in [0, 0.1) is 0 Å². The maximum absolute atomic E-state index is 2.44. The predicted molar refractivity (Wildman–Crippen MR) is 141 cm³/mol. The zero-order chi connectivity index (χ0) is 22.0. The van der Waals surface area contributed by atoms with Crippen LogP contribution in [0.15, 0.2) is 72.8 Å². The van der Waals surface area contributed by atoms with Gasteiger partial charge in [0.25, 0.3) is 0 Å². The molecule has 1 heteroatoms. The first-order valence-electron chi connectivity index (χ1n) is 11.7. The lowest BCUT2D eigenvalue weighted by Gasteiger charge is -2.12. The lowest BCUT2D eigenvalue weighted by Crippen LogP contribution is -1.90. The largest absolute Gasteiger partial charge is 0.135 e. The lowest BCUT2D eigenvalue weighted by molar-refractivity contribution is 0.868. The van der Waals surface area contributed by atoms with E-state index in [1.807, 2.05) is 11.3 Å². The van der Waals surface area contributed by atoms with E-state index in [-0.39, 0.29) is 0 Å². The highest BCUT2D eigenvalue weighted by Crippen LogP contribution is 2.45. The zero-order valence-corrected chi connectivity index (χ0v) is 20.0. The van der Waals surface area contributed by atoms with Gasteiger partial charge in [-0.15, -0.1) is 11.3 Å². The van der Waals surface area contributed by atoms with Crippen LogP contribution in [0.2, 0.25) is 0 Å². The number of thiophene rings is 1. The second kappa shape index (κ2) is 7.32. The van der Waals surface area contributed by atoms with Gasteiger partial charge in [-0.3, -0.25) is 0 Å². The highest BCUT2D eigenvalue weighted by Gasteiger charge is 2.20. The molecule has 0 aliphatic heterocycles. The molecule has 0 unspecified atom stereocenters. The molecule has 0 saturated carbocycles. The van der Waals surface area contributed by atoms with Gasteiger partial charge in [-0.2, -0.15) is 0 Å². The van der Waals surface area contributed by atoms with E-state index in [1.54, 1.807) is 0 Å². The highest BCUT2D eigenvalue weighted by atomic mass is 32.1. The molecule has 0 atom stereocenters. The van der Waals surface area contributed by atoms with Crippen molar-refractivity contribution in [2.75, 3.05) is 0 Å². The van der Waals surface area contributed by atoms with Crippen molar-refractivity contribution in [1.29, 1.82) is 0 Å². The summed E-state index contributed by atoms with van der Waals surface area (Å²) in [6.07, 6.45) is 1.05. The molecular formula is C31H28S. The van der Waals surface area contributed by atoms with Crippen LogP contribution in [0.1, 0.15) is 61.8 Å². The molecule has 1 aromatic heterocycles. The summed E-state index contributed by atoms with van der Waals surface area (Å²) in [4.78, 5) is 0. The number of fused-ring (bicyclic) bond motifs is 6. The Kier molecular flexibility index (Phi) is 4.52. The molecule has 0 bridgehead atoms. The number of hydrogen-bond acceptors (Lipinski definition) is 1. The molecule has 0 N–H and O–H groups in total. The Balaban J connectivity index is 1.62. The maximum atomic E-state index is 2.44. The smallest absolute Gasteiger partial charge is 0.0434 e. The molecule has 6 rings (SSSR count). The summed E-state index contributed by atoms with van der Waals surface area (Å²) < 4.78 is 2.80. The minimum absolute atomic E-state index is 0.497. The van der Waals surface area contributed by atoms with Gasteiger partial charge in [0, 0.05) is 20.2 Å². The van der Waals surface area contributed by atoms with Gasteiger partial charge in [-0.25, -0.2) is 0 Å². The third-order valence-electron chi connectivity index (χ3n) is 7.06. The fourth-order valence-electron chi connectivity index (χ4n) is 5.12. The van der Waals surface area contributed by atoms with Gasteiger partial charge < -0.3 is 0 Å². The van der Waals surface area contributed by atoms with Gasteiger partial charge in [0.05, 0.1) is 0 Å². The summed E-state index contributed by atoms with van der Waals surface area (Å²) in [6, 6.07) is 27.9. The summed E-state index contributed by atoms with van der Waals surface area (Å²) in [7, 11) is 0. The topological polar surface area (TPSA) is 0 Å². The van der Waals surface area contributed by atoms with Gasteiger partial charge in [0.1, 0.15) is 0 Å². The molecular weight excluding hydrogens is 404 g/mol. The molecule has 32 heavy (non-hydrogen) atoms. The quantitative estimate of drug-likeness (QED) is 0.261. The highest BCUT2D eigenvalue weighted by molar-refractivity contribution is 7.26. The molecule has 5 aromatic rings. The first-order chi connectivity index (χ1) is 15.5. The fourth-order valence-corrected chi connectivity index (χ4v) is 6.32. The third-order valence-corrected chi connectivity index (χ3v) is 8.28. The lowest BCUT2D eigenvalue weighted by atomic mass is 9.92. The van der Waals surface area contributed by atoms with Crippen LogP contribution in [-0.2, 0) is 6.42 Å². The molecule has 0 saturated heterocycles. The van der Waals surface area contributed by atoms with Crippen molar-refractivity contribution >= 4 is 31.5 Å². The Labute approximate surface area is 194 Å². The molecule has 4 aromatic carbocycles. The summed E-state index contributed by atoms with van der Waals surface area (Å²) in [5, 5.41) is 2.82. The van der Waals surface area contributed by atoms with E-state index >= 15 is 0 Å². The van der Waals surface area contributed by atoms with Crippen molar-refractivity contribution < 1.29 is 0 Å². The van der Waals surface area contributed by atoms with Crippen molar-refractivity contribution in [3.63, 3.8) is 0 Å². The van der Waals surface area contributed by atoms with Crippen LogP contribution in [0.5, 0.6) is 0 Å². The molecule has 0 fully saturated rings. The van der Waals surface area contributed by atoms with Crippen LogP contribution >= 0.6 is 11.3 Å². The first-order valence-corrected chi connectivity index (χ1v) is 12.5. The monoisotopic (exact) mass is 432 g/mol. The van der Waals surface area contributed by atoms with Crippen LogP contribution in [0.25, 0.3) is 42.4 Å². The second-order valence-corrected chi connectivity index (χ2v) is 10.9. The van der Waals surface area contributed by atoms with Crippen molar-refractivity contribution in [3.05, 3.63) is 95.1 Å². The number of hydrogen-bond donors (Lipinski definition) is 0. The molecule has 0 spiro atoms. The normalized spacial score (nSPS) is 12.8. The van der Waals surface area contributed by atoms with Gasteiger partial charge in [-0.05, 0) is 93.1 Å². The maximum Gasteiger partial charge on any atom is 0.0434 e. The standard InChI is InChI=1S/C31H28S/c1-18(2)20-11-12-30-28(14-20)29-17-24(19(3)4)16-27(31(29)32-30)23-10-9-22-13-21-7-5-6-8-25(21)26(22)15-23/h5-12,14-19H,13H2,1-4H3. The van der Waals surface area contributed by atoms with Crippen LogP contribution < -0.4 is 0 Å². The molecule has 1 aliphatic rings. The zero-order valence-electron chi connectivity index (χ0n) is 19.2. The van der Waals surface area contributed by atoms with E-state index in [4.69, 9.17) is 0 Å². The Morgan fingerprint density at radius 3 is 2.19 bits per heavy atom. The number of benzene rings is 4. The second-order valence-electron chi connectivity index (χ2n) is 9.82. The average Bonchev–Trinajstić information content (AvgIpc) is 3.35. The Morgan fingerprint density at radius 2 is 1.38 bits per heavy atom. The summed E-state index contributed by atoms with van der Waals surface area (Å²) >= 11 is 1.94. The van der Waals surface area contributed by atoms with Crippen LogP contribution in [0.3, 0.4) is 0 Å². The first kappa shape index (κ1) is 19.8. The van der Waals surface area contributed by atoms with E-state index in [0.717, 1.165) is 6.42 Å². The summed E-state index contributed by atoms with van der Waals surface area (Å²) in [5.74, 6) is 1.04. The van der Waals surface area contributed by atoms with E-state index < -0.39 is 0 Å². The Bertz CT molecular complexity index is 1500. The third kappa shape index (κ3) is 3.03. The van der Waals surface area contributed by atoms with Crippen molar-refractivity contribution in [2.24, 2.45) is 0 Å².